The summed E-state index contributed by atoms with van der Waals surface area (Å²) in [5, 5.41) is 0. The summed E-state index contributed by atoms with van der Waals surface area (Å²) in [6.07, 6.45) is -0.308. The minimum Gasteiger partial charge on any atom is -0.277 e. The van der Waals surface area contributed by atoms with Crippen LogP contribution in [0.15, 0.2) is 60.7 Å². The molecule has 106 valence electrons. The first kappa shape index (κ1) is 14.9. The monoisotopic (exact) mass is 288 g/mol. The molecule has 1 unspecified atom stereocenters. The van der Waals surface area contributed by atoms with Gasteiger partial charge in [0.2, 0.25) is 0 Å². The largest absolute Gasteiger partial charge is 0.277 e. The smallest absolute Gasteiger partial charge is 0.161 e. The fourth-order valence-electron chi connectivity index (χ4n) is 1.79. The van der Waals surface area contributed by atoms with Crippen molar-refractivity contribution in [2.75, 3.05) is 0 Å². The van der Waals surface area contributed by atoms with Gasteiger partial charge in [0.15, 0.2) is 11.1 Å². The Hall–Kier alpha value is -1.45. The Labute approximate surface area is 123 Å². The molecule has 2 rings (SSSR count). The predicted molar refractivity (Wildman–Crippen MR) is 83.7 cm³/mol. The van der Waals surface area contributed by atoms with Gasteiger partial charge >= 0.3 is 0 Å². The minimum absolute atomic E-state index is 0.308. The summed E-state index contributed by atoms with van der Waals surface area (Å²) in [5.41, 5.74) is 2.02. The number of benzene rings is 2. The first-order valence-corrected chi connectivity index (χ1v) is 7.75. The Bertz CT molecular complexity index is 519. The van der Waals surface area contributed by atoms with Gasteiger partial charge in [-0.3, -0.25) is 4.18 Å². The lowest BCUT2D eigenvalue weighted by atomic mass is 10.0. The van der Waals surface area contributed by atoms with Gasteiger partial charge in [-0.15, -0.1) is 0 Å². The van der Waals surface area contributed by atoms with Gasteiger partial charge in [0.05, 0.1) is 4.75 Å². The third-order valence-electron chi connectivity index (χ3n) is 2.89. The van der Waals surface area contributed by atoms with Crippen LogP contribution in [-0.4, -0.2) is 8.96 Å². The molecule has 1 atom stereocenters. The molecule has 0 aliphatic heterocycles. The summed E-state index contributed by atoms with van der Waals surface area (Å²) in [4.78, 5) is 0. The molecule has 0 heterocycles. The predicted octanol–water partition coefficient (Wildman–Crippen LogP) is 4.25. The van der Waals surface area contributed by atoms with Gasteiger partial charge in [-0.25, -0.2) is 4.21 Å². The van der Waals surface area contributed by atoms with Gasteiger partial charge in [0.1, 0.15) is 6.10 Å². The third-order valence-corrected chi connectivity index (χ3v) is 4.26. The molecule has 0 aliphatic carbocycles. The second-order valence-electron chi connectivity index (χ2n) is 5.64. The van der Waals surface area contributed by atoms with Crippen LogP contribution in [0.4, 0.5) is 0 Å². The molecule has 2 nitrogen and oxygen atoms in total. The van der Waals surface area contributed by atoms with Crippen molar-refractivity contribution >= 4 is 11.1 Å². The molecule has 0 aromatic heterocycles. The van der Waals surface area contributed by atoms with E-state index in [1.165, 1.54) is 0 Å². The Morgan fingerprint density at radius 2 is 1.25 bits per heavy atom. The van der Waals surface area contributed by atoms with Gasteiger partial charge in [-0.05, 0) is 31.9 Å². The van der Waals surface area contributed by atoms with Crippen molar-refractivity contribution in [2.24, 2.45) is 0 Å². The minimum atomic E-state index is -1.37. The summed E-state index contributed by atoms with van der Waals surface area (Å²) < 4.78 is 17.8. The van der Waals surface area contributed by atoms with Crippen molar-refractivity contribution in [3.63, 3.8) is 0 Å². The molecule has 0 radical (unpaired) electrons. The average Bonchev–Trinajstić information content (AvgIpc) is 2.45. The van der Waals surface area contributed by atoms with E-state index in [0.717, 1.165) is 11.1 Å². The van der Waals surface area contributed by atoms with Crippen molar-refractivity contribution in [2.45, 2.75) is 31.6 Å². The van der Waals surface area contributed by atoms with Crippen molar-refractivity contribution in [3.05, 3.63) is 71.8 Å². The van der Waals surface area contributed by atoms with Crippen LogP contribution >= 0.6 is 0 Å². The van der Waals surface area contributed by atoms with Gasteiger partial charge < -0.3 is 0 Å². The molecule has 0 saturated heterocycles. The lowest BCUT2D eigenvalue weighted by Crippen LogP contribution is -2.25. The summed E-state index contributed by atoms with van der Waals surface area (Å²) in [6.45, 7) is 5.74. The van der Waals surface area contributed by atoms with Crippen molar-refractivity contribution in [3.8, 4) is 0 Å². The van der Waals surface area contributed by atoms with E-state index in [1.807, 2.05) is 81.4 Å². The van der Waals surface area contributed by atoms with Crippen LogP contribution in [-0.2, 0) is 15.3 Å². The zero-order valence-corrected chi connectivity index (χ0v) is 12.9. The number of rotatable bonds is 4. The van der Waals surface area contributed by atoms with E-state index in [2.05, 4.69) is 0 Å². The Balaban J connectivity index is 2.34. The quantitative estimate of drug-likeness (QED) is 0.840. The highest BCUT2D eigenvalue weighted by Crippen LogP contribution is 2.29. The van der Waals surface area contributed by atoms with Gasteiger partial charge in [0.25, 0.3) is 0 Å². The molecule has 2 aromatic rings. The highest BCUT2D eigenvalue weighted by molar-refractivity contribution is 7.81. The lowest BCUT2D eigenvalue weighted by molar-refractivity contribution is 0.267. The van der Waals surface area contributed by atoms with Crippen LogP contribution in [0.2, 0.25) is 0 Å². The second kappa shape index (κ2) is 6.33. The molecule has 20 heavy (non-hydrogen) atoms. The molecular formula is C17H20O2S. The Kier molecular flexibility index (Phi) is 4.73. The molecule has 3 heteroatoms. The Morgan fingerprint density at radius 3 is 1.60 bits per heavy atom. The molecule has 0 bridgehead atoms. The topological polar surface area (TPSA) is 26.3 Å². The SMILES string of the molecule is CC(C)(C)S(=O)OC(c1ccccc1)c1ccccc1. The summed E-state index contributed by atoms with van der Waals surface area (Å²) in [5.74, 6) is 0. The van der Waals surface area contributed by atoms with Crippen molar-refractivity contribution in [1.29, 1.82) is 0 Å². The molecule has 0 fully saturated rings. The maximum Gasteiger partial charge on any atom is 0.161 e. The van der Waals surface area contributed by atoms with E-state index in [0.29, 0.717) is 0 Å². The van der Waals surface area contributed by atoms with E-state index in [9.17, 15) is 4.21 Å². The van der Waals surface area contributed by atoms with Crippen LogP contribution in [0, 0.1) is 0 Å². The first-order valence-electron chi connectivity index (χ1n) is 6.67. The summed E-state index contributed by atoms with van der Waals surface area (Å²) >= 11 is -1.37. The van der Waals surface area contributed by atoms with Crippen molar-refractivity contribution < 1.29 is 8.39 Å². The van der Waals surface area contributed by atoms with Crippen LogP contribution in [0.3, 0.4) is 0 Å². The molecule has 2 aromatic carbocycles. The van der Waals surface area contributed by atoms with Crippen LogP contribution in [0.25, 0.3) is 0 Å². The second-order valence-corrected chi connectivity index (χ2v) is 7.53. The highest BCUT2D eigenvalue weighted by Gasteiger charge is 2.26. The number of hydrogen-bond acceptors (Lipinski definition) is 2. The molecule has 0 spiro atoms. The van der Waals surface area contributed by atoms with Gasteiger partial charge in [0, 0.05) is 0 Å². The zero-order valence-electron chi connectivity index (χ0n) is 12.1. The molecule has 0 amide bonds. The first-order chi connectivity index (χ1) is 9.48. The fraction of sp³-hybridized carbons (Fsp3) is 0.294. The average molecular weight is 288 g/mol. The lowest BCUT2D eigenvalue weighted by Gasteiger charge is -2.23. The van der Waals surface area contributed by atoms with E-state index in [4.69, 9.17) is 4.18 Å². The van der Waals surface area contributed by atoms with E-state index < -0.39 is 15.8 Å². The fourth-order valence-corrected chi connectivity index (χ4v) is 2.48. The maximum atomic E-state index is 12.3. The number of hydrogen-bond donors (Lipinski definition) is 0. The van der Waals surface area contributed by atoms with Gasteiger partial charge in [-0.1, -0.05) is 60.7 Å². The van der Waals surface area contributed by atoms with Crippen LogP contribution in [0.1, 0.15) is 38.0 Å². The third kappa shape index (κ3) is 3.78. The van der Waals surface area contributed by atoms with Crippen molar-refractivity contribution in [1.82, 2.24) is 0 Å². The summed E-state index contributed by atoms with van der Waals surface area (Å²) in [7, 11) is 0. The van der Waals surface area contributed by atoms with E-state index >= 15 is 0 Å². The van der Waals surface area contributed by atoms with Crippen LogP contribution < -0.4 is 0 Å². The molecule has 0 saturated carbocycles. The maximum absolute atomic E-state index is 12.3. The molecule has 0 N–H and O–H groups in total. The normalized spacial score (nSPS) is 13.4. The summed E-state index contributed by atoms with van der Waals surface area (Å²) in [6, 6.07) is 19.8. The molecular weight excluding hydrogens is 268 g/mol. The van der Waals surface area contributed by atoms with Crippen LogP contribution in [0.5, 0.6) is 0 Å². The van der Waals surface area contributed by atoms with Gasteiger partial charge in [-0.2, -0.15) is 0 Å². The standard InChI is InChI=1S/C17H20O2S/c1-17(2,3)20(18)19-16(14-10-6-4-7-11-14)15-12-8-5-9-13-15/h4-13,16H,1-3H3. The molecule has 0 aliphatic rings. The zero-order chi connectivity index (χ0) is 14.6. The Morgan fingerprint density at radius 1 is 0.850 bits per heavy atom. The van der Waals surface area contributed by atoms with E-state index in [1.54, 1.807) is 0 Å². The van der Waals surface area contributed by atoms with E-state index in [-0.39, 0.29) is 6.10 Å². The highest BCUT2D eigenvalue weighted by atomic mass is 32.2.